The number of carbonyl (C=O) groups excluding carboxylic acids is 1. The highest BCUT2D eigenvalue weighted by atomic mass is 19.1. The summed E-state index contributed by atoms with van der Waals surface area (Å²) >= 11 is 0. The number of hydrogen-bond acceptors (Lipinski definition) is 2. The van der Waals surface area contributed by atoms with Crippen LogP contribution >= 0.6 is 0 Å². The van der Waals surface area contributed by atoms with Gasteiger partial charge in [0.25, 0.3) is 0 Å². The van der Waals surface area contributed by atoms with Gasteiger partial charge in [-0.15, -0.1) is 0 Å². The van der Waals surface area contributed by atoms with Gasteiger partial charge in [-0.3, -0.25) is 4.79 Å². The van der Waals surface area contributed by atoms with Gasteiger partial charge in [0.15, 0.2) is 5.78 Å². The maximum absolute atomic E-state index is 13.0. The normalized spacial score (nSPS) is 14.2. The van der Waals surface area contributed by atoms with Crippen molar-refractivity contribution in [2.75, 3.05) is 0 Å². The lowest BCUT2D eigenvalue weighted by atomic mass is 9.83. The Morgan fingerprint density at radius 2 is 1.60 bits per heavy atom. The fraction of sp³-hybridized carbons (Fsp3) is 0.588. The van der Waals surface area contributed by atoms with E-state index in [1.807, 2.05) is 41.5 Å². The van der Waals surface area contributed by atoms with E-state index in [-0.39, 0.29) is 23.2 Å². The first-order chi connectivity index (χ1) is 8.99. The molecule has 0 spiro atoms. The molecule has 1 unspecified atom stereocenters. The molecule has 0 bridgehead atoms. The first-order valence-electron chi connectivity index (χ1n) is 7.05. The molecule has 0 aliphatic rings. The quantitative estimate of drug-likeness (QED) is 0.909. The van der Waals surface area contributed by atoms with Gasteiger partial charge in [-0.2, -0.15) is 0 Å². The maximum Gasteiger partial charge on any atom is 0.155 e. The van der Waals surface area contributed by atoms with E-state index in [9.17, 15) is 9.18 Å². The SMILES string of the molecule is CC(C)(C)NC(Cc1ccc(F)cc1)C(=O)C(C)(C)C. The Bertz CT molecular complexity index is 451. The van der Waals surface area contributed by atoms with Gasteiger partial charge in [-0.25, -0.2) is 4.39 Å². The van der Waals surface area contributed by atoms with Crippen molar-refractivity contribution >= 4 is 5.78 Å². The van der Waals surface area contributed by atoms with E-state index >= 15 is 0 Å². The zero-order chi connectivity index (χ0) is 15.6. The van der Waals surface area contributed by atoms with E-state index in [1.54, 1.807) is 12.1 Å². The fourth-order valence-electron chi connectivity index (χ4n) is 2.11. The molecule has 1 atom stereocenters. The molecule has 1 aromatic carbocycles. The summed E-state index contributed by atoms with van der Waals surface area (Å²) in [5, 5.41) is 3.38. The second-order valence-electron chi connectivity index (χ2n) is 7.39. The van der Waals surface area contributed by atoms with Crippen LogP contribution in [0.1, 0.15) is 47.1 Å². The third kappa shape index (κ3) is 5.41. The van der Waals surface area contributed by atoms with Crippen molar-refractivity contribution in [3.05, 3.63) is 35.6 Å². The molecule has 3 heteroatoms. The summed E-state index contributed by atoms with van der Waals surface area (Å²) in [6.07, 6.45) is 0.577. The molecule has 0 aliphatic heterocycles. The topological polar surface area (TPSA) is 29.1 Å². The smallest absolute Gasteiger partial charge is 0.155 e. The van der Waals surface area contributed by atoms with Gasteiger partial charge in [-0.05, 0) is 44.9 Å². The Labute approximate surface area is 121 Å². The molecule has 0 aromatic heterocycles. The first-order valence-corrected chi connectivity index (χ1v) is 7.05. The van der Waals surface area contributed by atoms with Crippen molar-refractivity contribution in [3.8, 4) is 0 Å². The molecule has 2 nitrogen and oxygen atoms in total. The summed E-state index contributed by atoms with van der Waals surface area (Å²) in [6, 6.07) is 6.09. The Morgan fingerprint density at radius 3 is 2.00 bits per heavy atom. The van der Waals surface area contributed by atoms with Crippen molar-refractivity contribution in [2.45, 2.75) is 59.5 Å². The number of nitrogens with one attached hydrogen (secondary N) is 1. The van der Waals surface area contributed by atoms with Gasteiger partial charge in [0, 0.05) is 11.0 Å². The third-order valence-electron chi connectivity index (χ3n) is 3.02. The lowest BCUT2D eigenvalue weighted by molar-refractivity contribution is -0.128. The molecule has 1 N–H and O–H groups in total. The summed E-state index contributed by atoms with van der Waals surface area (Å²) in [4.78, 5) is 12.6. The standard InChI is InChI=1S/C17H26FNO/c1-16(2,3)15(20)14(19-17(4,5)6)11-12-7-9-13(18)10-8-12/h7-10,14,19H,11H2,1-6H3. The molecule has 0 aliphatic carbocycles. The Balaban J connectivity index is 2.93. The Kier molecular flexibility index (Phi) is 5.09. The summed E-state index contributed by atoms with van der Waals surface area (Å²) in [7, 11) is 0. The Hall–Kier alpha value is -1.22. The highest BCUT2D eigenvalue weighted by molar-refractivity contribution is 5.89. The van der Waals surface area contributed by atoms with Crippen molar-refractivity contribution in [1.29, 1.82) is 0 Å². The molecule has 0 fully saturated rings. The molecule has 20 heavy (non-hydrogen) atoms. The number of benzene rings is 1. The number of Topliss-reactive ketones (excluding diaryl/α,β-unsaturated/α-hetero) is 1. The van der Waals surface area contributed by atoms with E-state index in [4.69, 9.17) is 0 Å². The molecule has 0 heterocycles. The molecule has 1 rings (SSSR count). The summed E-state index contributed by atoms with van der Waals surface area (Å²) < 4.78 is 13.0. The third-order valence-corrected chi connectivity index (χ3v) is 3.02. The van der Waals surface area contributed by atoms with Crippen LogP contribution in [-0.2, 0) is 11.2 Å². The van der Waals surface area contributed by atoms with E-state index in [2.05, 4.69) is 5.32 Å². The molecular weight excluding hydrogens is 253 g/mol. The van der Waals surface area contributed by atoms with Gasteiger partial charge < -0.3 is 5.32 Å². The number of ketones is 1. The second-order valence-corrected chi connectivity index (χ2v) is 7.39. The molecule has 1 aromatic rings. The van der Waals surface area contributed by atoms with Crippen LogP contribution < -0.4 is 5.32 Å². The maximum atomic E-state index is 13.0. The van der Waals surface area contributed by atoms with Crippen LogP contribution in [0.15, 0.2) is 24.3 Å². The van der Waals surface area contributed by atoms with Crippen LogP contribution in [0.2, 0.25) is 0 Å². The lowest BCUT2D eigenvalue weighted by Crippen LogP contribution is -2.51. The predicted octanol–water partition coefficient (Wildman–Crippen LogP) is 3.74. The minimum Gasteiger partial charge on any atom is -0.302 e. The van der Waals surface area contributed by atoms with Crippen LogP contribution in [-0.4, -0.2) is 17.4 Å². The molecule has 0 saturated heterocycles. The number of hydrogen-bond donors (Lipinski definition) is 1. The van der Waals surface area contributed by atoms with Crippen LogP contribution in [0.25, 0.3) is 0 Å². The van der Waals surface area contributed by atoms with Crippen molar-refractivity contribution in [2.24, 2.45) is 5.41 Å². The molecular formula is C17H26FNO. The van der Waals surface area contributed by atoms with Crippen LogP contribution in [0.5, 0.6) is 0 Å². The zero-order valence-corrected chi connectivity index (χ0v) is 13.4. The van der Waals surface area contributed by atoms with Crippen molar-refractivity contribution in [1.82, 2.24) is 5.32 Å². The monoisotopic (exact) mass is 279 g/mol. The van der Waals surface area contributed by atoms with E-state index in [0.29, 0.717) is 6.42 Å². The first kappa shape index (κ1) is 16.8. The largest absolute Gasteiger partial charge is 0.302 e. The van der Waals surface area contributed by atoms with E-state index < -0.39 is 5.41 Å². The van der Waals surface area contributed by atoms with E-state index in [0.717, 1.165) is 5.56 Å². The van der Waals surface area contributed by atoms with Crippen LogP contribution in [0.3, 0.4) is 0 Å². The number of halogens is 1. The average molecular weight is 279 g/mol. The van der Waals surface area contributed by atoms with E-state index in [1.165, 1.54) is 12.1 Å². The Morgan fingerprint density at radius 1 is 1.10 bits per heavy atom. The van der Waals surface area contributed by atoms with Gasteiger partial charge in [0.1, 0.15) is 5.82 Å². The minimum atomic E-state index is -0.400. The van der Waals surface area contributed by atoms with Gasteiger partial charge >= 0.3 is 0 Å². The molecule has 0 amide bonds. The van der Waals surface area contributed by atoms with Gasteiger partial charge in [0.2, 0.25) is 0 Å². The average Bonchev–Trinajstić information content (AvgIpc) is 2.27. The summed E-state index contributed by atoms with van der Waals surface area (Å²) in [5.74, 6) is -0.0759. The van der Waals surface area contributed by atoms with Gasteiger partial charge in [-0.1, -0.05) is 32.9 Å². The summed E-state index contributed by atoms with van der Waals surface area (Å²) in [6.45, 7) is 11.9. The van der Waals surface area contributed by atoms with Gasteiger partial charge in [0.05, 0.1) is 6.04 Å². The number of carbonyl (C=O) groups is 1. The minimum absolute atomic E-state index is 0.147. The predicted molar refractivity (Wildman–Crippen MR) is 81.2 cm³/mol. The lowest BCUT2D eigenvalue weighted by Gasteiger charge is -2.32. The molecule has 112 valence electrons. The highest BCUT2D eigenvalue weighted by Crippen LogP contribution is 2.20. The summed E-state index contributed by atoms with van der Waals surface area (Å²) in [5.41, 5.74) is 0.417. The van der Waals surface area contributed by atoms with Crippen molar-refractivity contribution < 1.29 is 9.18 Å². The highest BCUT2D eigenvalue weighted by Gasteiger charge is 2.31. The molecule has 0 radical (unpaired) electrons. The zero-order valence-electron chi connectivity index (χ0n) is 13.4. The number of rotatable bonds is 4. The van der Waals surface area contributed by atoms with Crippen LogP contribution in [0.4, 0.5) is 4.39 Å². The van der Waals surface area contributed by atoms with Crippen LogP contribution in [0, 0.1) is 11.2 Å². The fourth-order valence-corrected chi connectivity index (χ4v) is 2.11. The second kappa shape index (κ2) is 6.04. The van der Waals surface area contributed by atoms with Crippen molar-refractivity contribution in [3.63, 3.8) is 0 Å². The molecule has 0 saturated carbocycles.